The molecule has 2 aromatic heterocycles. The molecule has 0 radical (unpaired) electrons. The van der Waals surface area contributed by atoms with Gasteiger partial charge in [0, 0.05) is 30.6 Å². The highest BCUT2D eigenvalue weighted by Gasteiger charge is 2.18. The summed E-state index contributed by atoms with van der Waals surface area (Å²) in [6.45, 7) is 1.84. The van der Waals surface area contributed by atoms with E-state index in [2.05, 4.69) is 20.7 Å². The molecule has 30 heavy (non-hydrogen) atoms. The second-order valence-electron chi connectivity index (χ2n) is 7.13. The van der Waals surface area contributed by atoms with Gasteiger partial charge in [0.05, 0.1) is 11.9 Å². The lowest BCUT2D eigenvalue weighted by molar-refractivity contribution is -0.359. The average Bonchev–Trinajstić information content (AvgIpc) is 3.21. The Labute approximate surface area is 175 Å². The van der Waals surface area contributed by atoms with Crippen LogP contribution in [-0.4, -0.2) is 21.7 Å². The Bertz CT molecular complexity index is 1120. The van der Waals surface area contributed by atoms with Gasteiger partial charge in [0.15, 0.2) is 0 Å². The topological polar surface area (TPSA) is 73.1 Å². The number of aromatic amines is 1. The standard InChI is InChI=1S/C24H23N5O/c1-17(27-21-11-8-19(9-12-21)22-14-15-26-29(22)2)24(30)28-23-13-10-20(16-25-23)18-6-4-3-5-7-18/h3-17,27H,1-2H3,(H,25,28,30)/p+1/t17-/m0/s1. The quantitative estimate of drug-likeness (QED) is 0.515. The van der Waals surface area contributed by atoms with Crippen molar-refractivity contribution in [2.45, 2.75) is 13.0 Å². The van der Waals surface area contributed by atoms with Crippen LogP contribution in [0, 0.1) is 0 Å². The monoisotopic (exact) mass is 398 g/mol. The summed E-state index contributed by atoms with van der Waals surface area (Å²) in [5, 5.41) is 10.3. The third-order valence-electron chi connectivity index (χ3n) is 4.96. The molecule has 6 nitrogen and oxygen atoms in total. The molecule has 3 N–H and O–H groups in total. The van der Waals surface area contributed by atoms with Crippen LogP contribution >= 0.6 is 0 Å². The van der Waals surface area contributed by atoms with E-state index in [0.717, 1.165) is 28.1 Å². The number of rotatable bonds is 6. The summed E-state index contributed by atoms with van der Waals surface area (Å²) in [7, 11) is 1.91. The van der Waals surface area contributed by atoms with E-state index in [4.69, 9.17) is 0 Å². The summed E-state index contributed by atoms with van der Waals surface area (Å²) in [6, 6.07) is 23.5. The zero-order valence-electron chi connectivity index (χ0n) is 17.0. The lowest BCUT2D eigenvalue weighted by Crippen LogP contribution is -2.33. The largest absolute Gasteiger partial charge is 0.372 e. The van der Waals surface area contributed by atoms with E-state index >= 15 is 0 Å². The molecule has 0 unspecified atom stereocenters. The predicted octanol–water partition coefficient (Wildman–Crippen LogP) is 4.01. The smallest absolute Gasteiger partial charge is 0.329 e. The Kier molecular flexibility index (Phi) is 5.57. The first-order valence-corrected chi connectivity index (χ1v) is 9.83. The fourth-order valence-corrected chi connectivity index (χ4v) is 3.26. The summed E-state index contributed by atoms with van der Waals surface area (Å²) in [5.74, 6) is 0.536. The van der Waals surface area contributed by atoms with Gasteiger partial charge in [-0.3, -0.25) is 4.68 Å². The second-order valence-corrected chi connectivity index (χ2v) is 7.13. The maximum Gasteiger partial charge on any atom is 0.329 e. The first-order valence-electron chi connectivity index (χ1n) is 9.83. The highest BCUT2D eigenvalue weighted by molar-refractivity contribution is 5.95. The number of nitrogens with one attached hydrogen (secondary N) is 3. The van der Waals surface area contributed by atoms with E-state index in [-0.39, 0.29) is 5.91 Å². The molecule has 6 heteroatoms. The van der Waals surface area contributed by atoms with E-state index in [1.54, 1.807) is 6.20 Å². The van der Waals surface area contributed by atoms with Gasteiger partial charge >= 0.3 is 5.91 Å². The van der Waals surface area contributed by atoms with Crippen LogP contribution < -0.4 is 15.6 Å². The SMILES string of the molecule is C[C@H](Nc1ccc(-c2ccnn2C)cc1)C(=O)Nc1ccc(-c2ccccc2)c[nH+]1. The molecule has 2 heterocycles. The van der Waals surface area contributed by atoms with Gasteiger partial charge in [0.25, 0.3) is 5.82 Å². The Balaban J connectivity index is 1.36. The minimum Gasteiger partial charge on any atom is -0.372 e. The van der Waals surface area contributed by atoms with Gasteiger partial charge in [0.2, 0.25) is 0 Å². The van der Waals surface area contributed by atoms with E-state index in [9.17, 15) is 4.79 Å². The van der Waals surface area contributed by atoms with Crippen molar-refractivity contribution in [2.75, 3.05) is 10.6 Å². The molecule has 0 fully saturated rings. The third-order valence-corrected chi connectivity index (χ3v) is 4.96. The zero-order chi connectivity index (χ0) is 20.9. The zero-order valence-corrected chi connectivity index (χ0v) is 17.0. The lowest BCUT2D eigenvalue weighted by atomic mass is 10.1. The van der Waals surface area contributed by atoms with Crippen LogP contribution in [0.4, 0.5) is 11.5 Å². The number of hydrogen-bond acceptors (Lipinski definition) is 3. The number of aromatic nitrogens is 3. The summed E-state index contributed by atoms with van der Waals surface area (Å²) < 4.78 is 1.83. The molecule has 1 amide bonds. The first kappa shape index (κ1) is 19.4. The Hall–Kier alpha value is -3.93. The minimum atomic E-state index is -0.394. The Morgan fingerprint density at radius 1 is 0.933 bits per heavy atom. The molecule has 0 aliphatic carbocycles. The Morgan fingerprint density at radius 2 is 1.67 bits per heavy atom. The number of H-pyrrole nitrogens is 1. The van der Waals surface area contributed by atoms with Gasteiger partial charge in [-0.05, 0) is 42.3 Å². The van der Waals surface area contributed by atoms with Crippen LogP contribution in [0.3, 0.4) is 0 Å². The molecule has 0 saturated heterocycles. The number of pyridine rings is 1. The number of carbonyl (C=O) groups excluding carboxylic acids is 1. The maximum absolute atomic E-state index is 12.6. The predicted molar refractivity (Wildman–Crippen MR) is 119 cm³/mol. The van der Waals surface area contributed by atoms with Crippen molar-refractivity contribution >= 4 is 17.4 Å². The lowest BCUT2D eigenvalue weighted by Gasteiger charge is -2.12. The van der Waals surface area contributed by atoms with Crippen LogP contribution in [0.2, 0.25) is 0 Å². The van der Waals surface area contributed by atoms with E-state index in [1.165, 1.54) is 0 Å². The van der Waals surface area contributed by atoms with Crippen LogP contribution in [-0.2, 0) is 11.8 Å². The molecule has 0 saturated carbocycles. The average molecular weight is 398 g/mol. The molecule has 4 aromatic rings. The number of anilines is 2. The summed E-state index contributed by atoms with van der Waals surface area (Å²) in [4.78, 5) is 15.7. The van der Waals surface area contributed by atoms with Crippen molar-refractivity contribution in [1.29, 1.82) is 0 Å². The Morgan fingerprint density at radius 3 is 2.30 bits per heavy atom. The number of amides is 1. The van der Waals surface area contributed by atoms with Gasteiger partial charge in [-0.25, -0.2) is 15.1 Å². The molecule has 0 aliphatic heterocycles. The first-order chi connectivity index (χ1) is 14.6. The highest BCUT2D eigenvalue weighted by Crippen LogP contribution is 2.21. The molecule has 150 valence electrons. The highest BCUT2D eigenvalue weighted by atomic mass is 16.2. The normalized spacial score (nSPS) is 11.7. The van der Waals surface area contributed by atoms with Gasteiger partial charge in [-0.15, -0.1) is 0 Å². The van der Waals surface area contributed by atoms with Crippen molar-refractivity contribution in [3.05, 3.63) is 85.2 Å². The van der Waals surface area contributed by atoms with Gasteiger partial charge in [-0.1, -0.05) is 42.5 Å². The van der Waals surface area contributed by atoms with Crippen molar-refractivity contribution in [2.24, 2.45) is 7.05 Å². The number of aryl methyl sites for hydroxylation is 1. The van der Waals surface area contributed by atoms with Gasteiger partial charge < -0.3 is 5.32 Å². The van der Waals surface area contributed by atoms with Crippen molar-refractivity contribution in [1.82, 2.24) is 9.78 Å². The minimum absolute atomic E-state index is 0.116. The molecule has 0 spiro atoms. The van der Waals surface area contributed by atoms with Crippen molar-refractivity contribution < 1.29 is 9.78 Å². The molecule has 4 rings (SSSR count). The fourth-order valence-electron chi connectivity index (χ4n) is 3.26. The number of hydrogen-bond donors (Lipinski definition) is 2. The number of benzene rings is 2. The molecule has 0 aliphatic rings. The summed E-state index contributed by atoms with van der Waals surface area (Å²) in [5.41, 5.74) is 5.18. The van der Waals surface area contributed by atoms with Crippen LogP contribution in [0.1, 0.15) is 6.92 Å². The van der Waals surface area contributed by atoms with Gasteiger partial charge in [0.1, 0.15) is 6.04 Å². The molecular weight excluding hydrogens is 374 g/mol. The molecule has 2 aromatic carbocycles. The number of nitrogens with zero attached hydrogens (tertiary/aromatic N) is 2. The van der Waals surface area contributed by atoms with Crippen LogP contribution in [0.15, 0.2) is 85.2 Å². The second kappa shape index (κ2) is 8.61. The fraction of sp³-hybridized carbons (Fsp3) is 0.125. The molecule has 1 atom stereocenters. The van der Waals surface area contributed by atoms with Crippen LogP contribution in [0.5, 0.6) is 0 Å². The molecule has 0 bridgehead atoms. The van der Waals surface area contributed by atoms with E-state index in [1.807, 2.05) is 97.6 Å². The van der Waals surface area contributed by atoms with E-state index in [0.29, 0.717) is 5.82 Å². The van der Waals surface area contributed by atoms with E-state index < -0.39 is 6.04 Å². The molecular formula is C24H24N5O+. The summed E-state index contributed by atoms with van der Waals surface area (Å²) >= 11 is 0. The van der Waals surface area contributed by atoms with Crippen LogP contribution in [0.25, 0.3) is 22.4 Å². The third kappa shape index (κ3) is 4.38. The van der Waals surface area contributed by atoms with Crippen molar-refractivity contribution in [3.63, 3.8) is 0 Å². The summed E-state index contributed by atoms with van der Waals surface area (Å²) in [6.07, 6.45) is 3.66. The maximum atomic E-state index is 12.6. The van der Waals surface area contributed by atoms with Crippen molar-refractivity contribution in [3.8, 4) is 22.4 Å². The number of carbonyl (C=O) groups is 1. The van der Waals surface area contributed by atoms with Gasteiger partial charge in [-0.2, -0.15) is 5.10 Å².